The summed E-state index contributed by atoms with van der Waals surface area (Å²) in [5.74, 6) is 7.68. The molecule has 2 heteroatoms. The summed E-state index contributed by atoms with van der Waals surface area (Å²) in [6.07, 6.45) is 3.81. The van der Waals surface area contributed by atoms with Crippen LogP contribution in [0.15, 0.2) is 72.8 Å². The molecule has 3 atom stereocenters. The average Bonchev–Trinajstić information content (AvgIpc) is 2.76. The number of hydrogen-bond donors (Lipinski definition) is 2. The Kier molecular flexibility index (Phi) is 6.13. The molecule has 3 aromatic carbocycles. The van der Waals surface area contributed by atoms with Crippen molar-refractivity contribution >= 4 is 0 Å². The van der Waals surface area contributed by atoms with E-state index in [-0.39, 0.29) is 0 Å². The number of hydrogen-bond acceptors (Lipinski definition) is 2. The van der Waals surface area contributed by atoms with Crippen LogP contribution in [0.25, 0.3) is 22.3 Å². The highest BCUT2D eigenvalue weighted by atomic mass is 15.2. The summed E-state index contributed by atoms with van der Waals surface area (Å²) in [7, 11) is 0. The van der Waals surface area contributed by atoms with Crippen LogP contribution in [0, 0.1) is 18.8 Å². The second-order valence-corrected chi connectivity index (χ2v) is 8.72. The number of aryl methyl sites for hydroxylation is 1. The summed E-state index contributed by atoms with van der Waals surface area (Å²) in [6, 6.07) is 26.9. The summed E-state index contributed by atoms with van der Waals surface area (Å²) in [4.78, 5) is 0. The Hall–Kier alpha value is -2.42. The van der Waals surface area contributed by atoms with Crippen LogP contribution < -0.4 is 11.3 Å². The minimum atomic E-state index is 0.655. The predicted molar refractivity (Wildman–Crippen MR) is 123 cm³/mol. The molecule has 150 valence electrons. The largest absolute Gasteiger partial charge is 0.271 e. The standard InChI is InChI=1S/C27H32N2/c1-19-3-6-21(7-4-19)22-9-11-23(12-10-22)24-13-15-25(16-14-24)26-8-5-20(2)27(17-26)18-29-28/h3-4,6-7,9-16,20,26-27,29H,5,8,17-18,28H2,1-2H3. The summed E-state index contributed by atoms with van der Waals surface area (Å²) < 4.78 is 0. The van der Waals surface area contributed by atoms with Gasteiger partial charge in [-0.3, -0.25) is 11.3 Å². The van der Waals surface area contributed by atoms with E-state index in [1.165, 1.54) is 52.6 Å². The molecule has 29 heavy (non-hydrogen) atoms. The van der Waals surface area contributed by atoms with Gasteiger partial charge in [0, 0.05) is 6.54 Å². The predicted octanol–water partition coefficient (Wildman–Crippen LogP) is 6.31. The fourth-order valence-electron chi connectivity index (χ4n) is 4.70. The lowest BCUT2D eigenvalue weighted by Crippen LogP contribution is -2.35. The van der Waals surface area contributed by atoms with E-state index >= 15 is 0 Å². The highest BCUT2D eigenvalue weighted by Crippen LogP contribution is 2.39. The van der Waals surface area contributed by atoms with Crippen molar-refractivity contribution in [1.82, 2.24) is 5.43 Å². The maximum atomic E-state index is 5.59. The summed E-state index contributed by atoms with van der Waals surface area (Å²) in [6.45, 7) is 5.41. The van der Waals surface area contributed by atoms with Gasteiger partial charge < -0.3 is 0 Å². The second-order valence-electron chi connectivity index (χ2n) is 8.72. The minimum Gasteiger partial charge on any atom is -0.271 e. The van der Waals surface area contributed by atoms with Crippen molar-refractivity contribution in [1.29, 1.82) is 0 Å². The molecular weight excluding hydrogens is 352 g/mol. The summed E-state index contributed by atoms with van der Waals surface area (Å²) in [5.41, 5.74) is 10.7. The maximum absolute atomic E-state index is 5.59. The van der Waals surface area contributed by atoms with E-state index in [2.05, 4.69) is 92.1 Å². The lowest BCUT2D eigenvalue weighted by molar-refractivity contribution is 0.226. The fourth-order valence-corrected chi connectivity index (χ4v) is 4.70. The van der Waals surface area contributed by atoms with Crippen molar-refractivity contribution < 1.29 is 0 Å². The molecule has 0 aromatic heterocycles. The normalized spacial score (nSPS) is 21.8. The zero-order chi connectivity index (χ0) is 20.2. The van der Waals surface area contributed by atoms with E-state index in [9.17, 15) is 0 Å². The van der Waals surface area contributed by atoms with Gasteiger partial charge in [-0.25, -0.2) is 0 Å². The fraction of sp³-hybridized carbons (Fsp3) is 0.333. The van der Waals surface area contributed by atoms with Crippen molar-refractivity contribution in [2.75, 3.05) is 6.54 Å². The van der Waals surface area contributed by atoms with Crippen LogP contribution in [0.1, 0.15) is 43.2 Å². The van der Waals surface area contributed by atoms with Crippen molar-refractivity contribution in [3.05, 3.63) is 83.9 Å². The Morgan fingerprint density at radius 1 is 0.759 bits per heavy atom. The van der Waals surface area contributed by atoms with Gasteiger partial charge in [-0.05, 0) is 71.8 Å². The molecule has 3 N–H and O–H groups in total. The van der Waals surface area contributed by atoms with Gasteiger partial charge in [-0.1, -0.05) is 85.3 Å². The van der Waals surface area contributed by atoms with Gasteiger partial charge in [0.1, 0.15) is 0 Å². The molecule has 3 aromatic rings. The molecule has 1 aliphatic rings. The van der Waals surface area contributed by atoms with E-state index in [1.807, 2.05) is 0 Å². The number of nitrogens with one attached hydrogen (secondary N) is 1. The van der Waals surface area contributed by atoms with Crippen LogP contribution in [0.5, 0.6) is 0 Å². The van der Waals surface area contributed by atoms with Crippen molar-refractivity contribution in [2.24, 2.45) is 17.7 Å². The minimum absolute atomic E-state index is 0.655. The molecule has 1 aliphatic carbocycles. The molecule has 0 aliphatic heterocycles. The number of rotatable bonds is 5. The zero-order valence-electron chi connectivity index (χ0n) is 17.6. The Morgan fingerprint density at radius 2 is 1.24 bits per heavy atom. The van der Waals surface area contributed by atoms with Crippen LogP contribution in [0.2, 0.25) is 0 Å². The topological polar surface area (TPSA) is 38.0 Å². The molecule has 0 amide bonds. The number of hydrazine groups is 1. The highest BCUT2D eigenvalue weighted by Gasteiger charge is 2.28. The van der Waals surface area contributed by atoms with E-state index < -0.39 is 0 Å². The van der Waals surface area contributed by atoms with E-state index in [0.717, 1.165) is 12.5 Å². The van der Waals surface area contributed by atoms with Gasteiger partial charge in [0.2, 0.25) is 0 Å². The Balaban J connectivity index is 1.47. The highest BCUT2D eigenvalue weighted by molar-refractivity contribution is 5.70. The van der Waals surface area contributed by atoms with Gasteiger partial charge in [-0.2, -0.15) is 0 Å². The third-order valence-electron chi connectivity index (χ3n) is 6.73. The molecular formula is C27H32N2. The molecule has 0 heterocycles. The van der Waals surface area contributed by atoms with Crippen LogP contribution in [0.4, 0.5) is 0 Å². The van der Waals surface area contributed by atoms with Crippen molar-refractivity contribution in [3.8, 4) is 22.3 Å². The van der Waals surface area contributed by atoms with Gasteiger partial charge in [0.25, 0.3) is 0 Å². The Bertz CT molecular complexity index is 910. The average molecular weight is 385 g/mol. The van der Waals surface area contributed by atoms with Crippen molar-refractivity contribution in [3.63, 3.8) is 0 Å². The molecule has 0 spiro atoms. The van der Waals surface area contributed by atoms with Gasteiger partial charge in [0.15, 0.2) is 0 Å². The third-order valence-corrected chi connectivity index (χ3v) is 6.73. The Morgan fingerprint density at radius 3 is 1.76 bits per heavy atom. The first-order valence-corrected chi connectivity index (χ1v) is 10.8. The van der Waals surface area contributed by atoms with E-state index in [0.29, 0.717) is 11.8 Å². The van der Waals surface area contributed by atoms with Crippen LogP contribution in [0.3, 0.4) is 0 Å². The summed E-state index contributed by atoms with van der Waals surface area (Å²) in [5, 5.41) is 0. The lowest BCUT2D eigenvalue weighted by atomic mass is 9.72. The number of benzene rings is 3. The zero-order valence-corrected chi connectivity index (χ0v) is 17.6. The first kappa shape index (κ1) is 19.9. The molecule has 0 bridgehead atoms. The SMILES string of the molecule is Cc1ccc(-c2ccc(-c3ccc(C4CCC(C)C(CNN)C4)cc3)cc2)cc1. The second kappa shape index (κ2) is 8.94. The van der Waals surface area contributed by atoms with Crippen LogP contribution in [-0.4, -0.2) is 6.54 Å². The molecule has 0 radical (unpaired) electrons. The maximum Gasteiger partial charge on any atom is 0.0128 e. The monoisotopic (exact) mass is 384 g/mol. The Labute approximate surface area is 175 Å². The molecule has 4 rings (SSSR count). The molecule has 1 fully saturated rings. The molecule has 1 saturated carbocycles. The first-order chi connectivity index (χ1) is 14.1. The van der Waals surface area contributed by atoms with Gasteiger partial charge in [-0.15, -0.1) is 0 Å². The smallest absolute Gasteiger partial charge is 0.0128 e. The van der Waals surface area contributed by atoms with E-state index in [1.54, 1.807) is 0 Å². The summed E-state index contributed by atoms with van der Waals surface area (Å²) >= 11 is 0. The molecule has 0 saturated heterocycles. The first-order valence-electron chi connectivity index (χ1n) is 10.8. The number of nitrogens with two attached hydrogens (primary N) is 1. The van der Waals surface area contributed by atoms with Crippen LogP contribution >= 0.6 is 0 Å². The van der Waals surface area contributed by atoms with E-state index in [4.69, 9.17) is 5.84 Å². The van der Waals surface area contributed by atoms with Crippen molar-refractivity contribution in [2.45, 2.75) is 39.0 Å². The van der Waals surface area contributed by atoms with Crippen LogP contribution in [-0.2, 0) is 0 Å². The third kappa shape index (κ3) is 4.60. The quantitative estimate of drug-likeness (QED) is 0.399. The molecule has 2 nitrogen and oxygen atoms in total. The molecule has 3 unspecified atom stereocenters. The lowest BCUT2D eigenvalue weighted by Gasteiger charge is -2.34. The van der Waals surface area contributed by atoms with Gasteiger partial charge >= 0.3 is 0 Å². The van der Waals surface area contributed by atoms with Gasteiger partial charge in [0.05, 0.1) is 0 Å².